The number of benzene rings is 2. The van der Waals surface area contributed by atoms with Crippen LogP contribution in [0.3, 0.4) is 0 Å². The molecule has 4 heteroatoms. The van der Waals surface area contributed by atoms with Crippen molar-refractivity contribution in [2.75, 3.05) is 0 Å². The molecule has 0 aliphatic heterocycles. The molecule has 1 nitrogen and oxygen atoms in total. The first kappa shape index (κ1) is 12.1. The summed E-state index contributed by atoms with van der Waals surface area (Å²) in [7, 11) is 0. The fraction of sp³-hybridized carbons (Fsp3) is 0. The molecule has 0 saturated heterocycles. The average Bonchev–Trinajstić information content (AvgIpc) is 2.29. The molecule has 0 spiro atoms. The molecule has 17 heavy (non-hydrogen) atoms. The molecule has 0 aliphatic rings. The molecule has 0 aliphatic carbocycles. The van der Waals surface area contributed by atoms with Crippen molar-refractivity contribution in [1.29, 1.82) is 0 Å². The first-order valence-electron chi connectivity index (χ1n) is 4.83. The summed E-state index contributed by atoms with van der Waals surface area (Å²) in [6.45, 7) is 0. The van der Waals surface area contributed by atoms with Crippen LogP contribution in [-0.4, -0.2) is 5.78 Å². The number of hydrogen-bond donors (Lipinski definition) is 0. The molecule has 0 bridgehead atoms. The van der Waals surface area contributed by atoms with E-state index in [1.807, 2.05) is 0 Å². The molecule has 0 fully saturated rings. The van der Waals surface area contributed by atoms with Crippen LogP contribution in [0.15, 0.2) is 42.5 Å². The third-order valence-corrected chi connectivity index (χ3v) is 2.77. The summed E-state index contributed by atoms with van der Waals surface area (Å²) >= 11 is 11.3. The van der Waals surface area contributed by atoms with Gasteiger partial charge in [-0.3, -0.25) is 4.79 Å². The lowest BCUT2D eigenvalue weighted by molar-refractivity contribution is 0.103. The average molecular weight is 269 g/mol. The van der Waals surface area contributed by atoms with Crippen LogP contribution in [-0.2, 0) is 0 Å². The maximum absolute atomic E-state index is 13.5. The van der Waals surface area contributed by atoms with Gasteiger partial charge >= 0.3 is 0 Å². The molecule has 0 aromatic heterocycles. The van der Waals surface area contributed by atoms with Gasteiger partial charge in [0.1, 0.15) is 5.82 Å². The monoisotopic (exact) mass is 268 g/mol. The smallest absolute Gasteiger partial charge is 0.195 e. The van der Waals surface area contributed by atoms with Crippen LogP contribution >= 0.6 is 23.2 Å². The standard InChI is InChI=1S/C13H7Cl2FO/c14-9-3-1-8(2-4-9)13(17)11-6-5-10(15)7-12(11)16/h1-7H. The Morgan fingerprint density at radius 2 is 1.53 bits per heavy atom. The maximum Gasteiger partial charge on any atom is 0.195 e. The van der Waals surface area contributed by atoms with E-state index < -0.39 is 11.6 Å². The van der Waals surface area contributed by atoms with E-state index in [0.29, 0.717) is 10.6 Å². The molecule has 0 radical (unpaired) electrons. The Morgan fingerprint density at radius 1 is 0.941 bits per heavy atom. The lowest BCUT2D eigenvalue weighted by Crippen LogP contribution is -2.03. The van der Waals surface area contributed by atoms with Gasteiger partial charge in [0.15, 0.2) is 5.78 Å². The van der Waals surface area contributed by atoms with E-state index >= 15 is 0 Å². The number of ketones is 1. The molecule has 0 heterocycles. The molecule has 2 rings (SSSR count). The Bertz CT molecular complexity index is 564. The molecule has 0 unspecified atom stereocenters. The second-order valence-corrected chi connectivity index (χ2v) is 4.33. The molecule has 2 aromatic carbocycles. The Labute approximate surface area is 108 Å². The van der Waals surface area contributed by atoms with Crippen LogP contribution in [0.5, 0.6) is 0 Å². The molecule has 0 amide bonds. The molecular weight excluding hydrogens is 262 g/mol. The van der Waals surface area contributed by atoms with E-state index in [1.165, 1.54) is 12.1 Å². The van der Waals surface area contributed by atoms with Gasteiger partial charge < -0.3 is 0 Å². The molecule has 86 valence electrons. The number of hydrogen-bond acceptors (Lipinski definition) is 1. The van der Waals surface area contributed by atoms with Crippen molar-refractivity contribution in [1.82, 2.24) is 0 Å². The van der Waals surface area contributed by atoms with Crippen molar-refractivity contribution >= 4 is 29.0 Å². The summed E-state index contributed by atoms with van der Waals surface area (Å²) in [6.07, 6.45) is 0. The van der Waals surface area contributed by atoms with Gasteiger partial charge in [0.2, 0.25) is 0 Å². The number of halogens is 3. The molecule has 0 atom stereocenters. The fourth-order valence-electron chi connectivity index (χ4n) is 1.43. The minimum Gasteiger partial charge on any atom is -0.288 e. The van der Waals surface area contributed by atoms with E-state index in [2.05, 4.69) is 0 Å². The van der Waals surface area contributed by atoms with Gasteiger partial charge in [0.25, 0.3) is 0 Å². The molecule has 0 N–H and O–H groups in total. The SMILES string of the molecule is O=C(c1ccc(Cl)cc1)c1ccc(Cl)cc1F. The van der Waals surface area contributed by atoms with Gasteiger partial charge in [-0.05, 0) is 42.5 Å². The van der Waals surface area contributed by atoms with Gasteiger partial charge in [-0.15, -0.1) is 0 Å². The predicted octanol–water partition coefficient (Wildman–Crippen LogP) is 4.36. The van der Waals surface area contributed by atoms with E-state index in [-0.39, 0.29) is 10.6 Å². The van der Waals surface area contributed by atoms with Crippen molar-refractivity contribution in [2.45, 2.75) is 0 Å². The zero-order chi connectivity index (χ0) is 12.4. The number of carbonyl (C=O) groups is 1. The van der Waals surface area contributed by atoms with Crippen LogP contribution in [0.1, 0.15) is 15.9 Å². The second kappa shape index (κ2) is 4.86. The zero-order valence-electron chi connectivity index (χ0n) is 8.58. The third kappa shape index (κ3) is 2.65. The normalized spacial score (nSPS) is 10.3. The second-order valence-electron chi connectivity index (χ2n) is 3.46. The highest BCUT2D eigenvalue weighted by molar-refractivity contribution is 6.31. The highest BCUT2D eigenvalue weighted by atomic mass is 35.5. The molecule has 0 saturated carbocycles. The van der Waals surface area contributed by atoms with Gasteiger partial charge in [-0.1, -0.05) is 23.2 Å². The van der Waals surface area contributed by atoms with Gasteiger partial charge in [0, 0.05) is 15.6 Å². The first-order valence-corrected chi connectivity index (χ1v) is 5.59. The summed E-state index contributed by atoms with van der Waals surface area (Å²) in [5.74, 6) is -1.02. The molecule has 2 aromatic rings. The Hall–Kier alpha value is -1.38. The van der Waals surface area contributed by atoms with Crippen molar-refractivity contribution in [3.05, 3.63) is 69.5 Å². The van der Waals surface area contributed by atoms with E-state index in [1.54, 1.807) is 24.3 Å². The lowest BCUT2D eigenvalue weighted by Gasteiger charge is -2.03. The van der Waals surface area contributed by atoms with Crippen LogP contribution in [0.25, 0.3) is 0 Å². The van der Waals surface area contributed by atoms with E-state index in [9.17, 15) is 9.18 Å². The van der Waals surface area contributed by atoms with Crippen molar-refractivity contribution in [2.24, 2.45) is 0 Å². The van der Waals surface area contributed by atoms with Crippen LogP contribution in [0, 0.1) is 5.82 Å². The summed E-state index contributed by atoms with van der Waals surface area (Å²) in [4.78, 5) is 12.0. The van der Waals surface area contributed by atoms with Crippen LogP contribution < -0.4 is 0 Å². The number of carbonyl (C=O) groups excluding carboxylic acids is 1. The zero-order valence-corrected chi connectivity index (χ0v) is 10.1. The number of rotatable bonds is 2. The Balaban J connectivity index is 2.40. The Morgan fingerprint density at radius 3 is 2.12 bits per heavy atom. The summed E-state index contributed by atoms with van der Waals surface area (Å²) in [6, 6.07) is 10.2. The largest absolute Gasteiger partial charge is 0.288 e. The quantitative estimate of drug-likeness (QED) is 0.740. The molecular formula is C13H7Cl2FO. The summed E-state index contributed by atoms with van der Waals surface area (Å²) in [5.41, 5.74) is 0.382. The minimum absolute atomic E-state index is 0.00303. The van der Waals surface area contributed by atoms with Crippen molar-refractivity contribution in [3.8, 4) is 0 Å². The third-order valence-electron chi connectivity index (χ3n) is 2.28. The van der Waals surface area contributed by atoms with Crippen LogP contribution in [0.2, 0.25) is 10.0 Å². The highest BCUT2D eigenvalue weighted by Crippen LogP contribution is 2.19. The minimum atomic E-state index is -0.627. The lowest BCUT2D eigenvalue weighted by atomic mass is 10.0. The first-order chi connectivity index (χ1) is 8.08. The summed E-state index contributed by atoms with van der Waals surface area (Å²) in [5, 5.41) is 0.785. The van der Waals surface area contributed by atoms with Gasteiger partial charge in [-0.25, -0.2) is 4.39 Å². The topological polar surface area (TPSA) is 17.1 Å². The fourth-order valence-corrected chi connectivity index (χ4v) is 1.72. The van der Waals surface area contributed by atoms with Crippen molar-refractivity contribution in [3.63, 3.8) is 0 Å². The van der Waals surface area contributed by atoms with Gasteiger partial charge in [0.05, 0.1) is 5.56 Å². The van der Waals surface area contributed by atoms with E-state index in [0.717, 1.165) is 6.07 Å². The maximum atomic E-state index is 13.5. The van der Waals surface area contributed by atoms with E-state index in [4.69, 9.17) is 23.2 Å². The van der Waals surface area contributed by atoms with Gasteiger partial charge in [-0.2, -0.15) is 0 Å². The van der Waals surface area contributed by atoms with Crippen molar-refractivity contribution < 1.29 is 9.18 Å². The summed E-state index contributed by atoms with van der Waals surface area (Å²) < 4.78 is 13.5. The highest BCUT2D eigenvalue weighted by Gasteiger charge is 2.13. The Kier molecular flexibility index (Phi) is 3.46. The van der Waals surface area contributed by atoms with Crippen LogP contribution in [0.4, 0.5) is 4.39 Å². The predicted molar refractivity (Wildman–Crippen MR) is 66.3 cm³/mol.